The lowest BCUT2D eigenvalue weighted by molar-refractivity contribution is -0.167. The number of methoxy groups -OCH3 is 2. The van der Waals surface area contributed by atoms with Gasteiger partial charge >= 0.3 is 11.9 Å². The summed E-state index contributed by atoms with van der Waals surface area (Å²) in [6.45, 7) is 0.321. The molecule has 0 aromatic heterocycles. The Morgan fingerprint density at radius 1 is 1.10 bits per heavy atom. The van der Waals surface area contributed by atoms with E-state index in [1.165, 1.54) is 14.2 Å². The van der Waals surface area contributed by atoms with Crippen LogP contribution in [-0.4, -0.2) is 39.1 Å². The zero-order chi connectivity index (χ0) is 15.5. The maximum absolute atomic E-state index is 11.5. The Morgan fingerprint density at radius 2 is 1.81 bits per heavy atom. The van der Waals surface area contributed by atoms with Crippen LogP contribution in [0.2, 0.25) is 0 Å². The van der Waals surface area contributed by atoms with E-state index in [9.17, 15) is 9.59 Å². The summed E-state index contributed by atoms with van der Waals surface area (Å²) in [5.41, 5.74) is 1.00. The highest BCUT2D eigenvalue weighted by Gasteiger charge is 2.21. The Balaban J connectivity index is 2.32. The predicted molar refractivity (Wildman–Crippen MR) is 74.2 cm³/mol. The Bertz CT molecular complexity index is 431. The van der Waals surface area contributed by atoms with Gasteiger partial charge in [0.2, 0.25) is 0 Å². The minimum atomic E-state index is -0.843. The second kappa shape index (κ2) is 9.90. The molecule has 0 unspecified atom stereocenters. The molecule has 21 heavy (non-hydrogen) atoms. The third kappa shape index (κ3) is 6.87. The van der Waals surface area contributed by atoms with Crippen LogP contribution in [0.25, 0.3) is 0 Å². The SMILES string of the molecule is COC(=O)CC[C@H](OCOCc1ccccc1)C(=O)OC. The molecule has 0 aliphatic rings. The molecule has 0 heterocycles. The fraction of sp³-hybridized carbons (Fsp3) is 0.467. The fourth-order valence-corrected chi connectivity index (χ4v) is 1.62. The fourth-order valence-electron chi connectivity index (χ4n) is 1.62. The Hall–Kier alpha value is -1.92. The zero-order valence-corrected chi connectivity index (χ0v) is 12.2. The number of carbonyl (C=O) groups excluding carboxylic acids is 2. The Kier molecular flexibility index (Phi) is 8.08. The maximum Gasteiger partial charge on any atom is 0.335 e. The van der Waals surface area contributed by atoms with Crippen molar-refractivity contribution in [2.75, 3.05) is 21.0 Å². The van der Waals surface area contributed by atoms with Crippen LogP contribution in [0.4, 0.5) is 0 Å². The van der Waals surface area contributed by atoms with Gasteiger partial charge in [0.05, 0.1) is 20.8 Å². The van der Waals surface area contributed by atoms with Gasteiger partial charge in [-0.25, -0.2) is 4.79 Å². The van der Waals surface area contributed by atoms with Gasteiger partial charge in [-0.1, -0.05) is 30.3 Å². The number of hydrogen-bond acceptors (Lipinski definition) is 6. The molecule has 0 saturated heterocycles. The molecule has 1 rings (SSSR count). The van der Waals surface area contributed by atoms with Crippen LogP contribution in [0.3, 0.4) is 0 Å². The van der Waals surface area contributed by atoms with E-state index in [4.69, 9.17) is 9.47 Å². The summed E-state index contributed by atoms with van der Waals surface area (Å²) in [4.78, 5) is 22.6. The third-order valence-corrected chi connectivity index (χ3v) is 2.77. The van der Waals surface area contributed by atoms with E-state index in [-0.39, 0.29) is 19.6 Å². The largest absolute Gasteiger partial charge is 0.469 e. The lowest BCUT2D eigenvalue weighted by Crippen LogP contribution is -2.27. The molecule has 0 aliphatic heterocycles. The minimum absolute atomic E-state index is 0.0597. The van der Waals surface area contributed by atoms with E-state index in [2.05, 4.69) is 9.47 Å². The van der Waals surface area contributed by atoms with Gasteiger partial charge in [0.25, 0.3) is 0 Å². The van der Waals surface area contributed by atoms with Crippen LogP contribution in [-0.2, 0) is 35.1 Å². The number of rotatable bonds is 9. The number of ether oxygens (including phenoxy) is 4. The van der Waals surface area contributed by atoms with Crippen molar-refractivity contribution in [3.05, 3.63) is 35.9 Å². The quantitative estimate of drug-likeness (QED) is 0.392. The first-order valence-electron chi connectivity index (χ1n) is 6.55. The number of hydrogen-bond donors (Lipinski definition) is 0. The zero-order valence-electron chi connectivity index (χ0n) is 12.2. The van der Waals surface area contributed by atoms with E-state index in [1.54, 1.807) is 0 Å². The van der Waals surface area contributed by atoms with Crippen LogP contribution in [0, 0.1) is 0 Å². The summed E-state index contributed by atoms with van der Waals surface area (Å²) in [7, 11) is 2.56. The molecule has 0 N–H and O–H groups in total. The van der Waals surface area contributed by atoms with Gasteiger partial charge in [0.15, 0.2) is 6.10 Å². The van der Waals surface area contributed by atoms with Crippen molar-refractivity contribution < 1.29 is 28.5 Å². The lowest BCUT2D eigenvalue weighted by atomic mass is 10.2. The van der Waals surface area contributed by atoms with Crippen molar-refractivity contribution in [2.45, 2.75) is 25.6 Å². The first kappa shape index (κ1) is 17.1. The van der Waals surface area contributed by atoms with E-state index >= 15 is 0 Å². The van der Waals surface area contributed by atoms with Crippen molar-refractivity contribution in [3.8, 4) is 0 Å². The summed E-state index contributed by atoms with van der Waals surface area (Å²) in [6, 6.07) is 9.59. The van der Waals surface area contributed by atoms with Crippen molar-refractivity contribution >= 4 is 11.9 Å². The lowest BCUT2D eigenvalue weighted by Gasteiger charge is -2.15. The first-order valence-corrected chi connectivity index (χ1v) is 6.55. The van der Waals surface area contributed by atoms with Gasteiger partial charge in [-0.2, -0.15) is 0 Å². The summed E-state index contributed by atoms with van der Waals surface area (Å²) in [6.07, 6.45) is -0.576. The van der Waals surface area contributed by atoms with E-state index in [0.717, 1.165) is 5.56 Å². The Morgan fingerprint density at radius 3 is 2.43 bits per heavy atom. The van der Waals surface area contributed by atoms with Crippen LogP contribution < -0.4 is 0 Å². The minimum Gasteiger partial charge on any atom is -0.469 e. The molecular formula is C15H20O6. The third-order valence-electron chi connectivity index (χ3n) is 2.77. The Labute approximate surface area is 123 Å². The molecular weight excluding hydrogens is 276 g/mol. The smallest absolute Gasteiger partial charge is 0.335 e. The molecule has 1 atom stereocenters. The van der Waals surface area contributed by atoms with E-state index < -0.39 is 18.0 Å². The molecule has 0 amide bonds. The first-order chi connectivity index (χ1) is 10.2. The van der Waals surface area contributed by atoms with Crippen LogP contribution in [0.5, 0.6) is 0 Å². The normalized spacial score (nSPS) is 11.7. The van der Waals surface area contributed by atoms with Gasteiger partial charge in [0, 0.05) is 6.42 Å². The standard InChI is InChI=1S/C15H20O6/c1-18-14(16)9-8-13(15(17)19-2)21-11-20-10-12-6-4-3-5-7-12/h3-7,13H,8-11H2,1-2H3/t13-/m0/s1. The highest BCUT2D eigenvalue weighted by molar-refractivity contribution is 5.76. The molecule has 116 valence electrons. The molecule has 0 saturated carbocycles. The van der Waals surface area contributed by atoms with Gasteiger partial charge in [-0.3, -0.25) is 4.79 Å². The maximum atomic E-state index is 11.5. The molecule has 0 radical (unpaired) electrons. The second-order valence-electron chi connectivity index (χ2n) is 4.25. The monoisotopic (exact) mass is 296 g/mol. The number of esters is 2. The summed E-state index contributed by atoms with van der Waals surface area (Å²) < 4.78 is 19.8. The molecule has 6 nitrogen and oxygen atoms in total. The van der Waals surface area contributed by atoms with Gasteiger partial charge in [-0.15, -0.1) is 0 Å². The summed E-state index contributed by atoms with van der Waals surface area (Å²) in [5.74, 6) is -0.945. The summed E-state index contributed by atoms with van der Waals surface area (Å²) in [5, 5.41) is 0. The van der Waals surface area contributed by atoms with E-state index in [1.807, 2.05) is 30.3 Å². The molecule has 0 fully saturated rings. The molecule has 1 aromatic carbocycles. The second-order valence-corrected chi connectivity index (χ2v) is 4.25. The van der Waals surface area contributed by atoms with Gasteiger partial charge in [-0.05, 0) is 12.0 Å². The van der Waals surface area contributed by atoms with Crippen molar-refractivity contribution in [1.29, 1.82) is 0 Å². The predicted octanol–water partition coefficient (Wildman–Crippen LogP) is 1.67. The highest BCUT2D eigenvalue weighted by atomic mass is 16.7. The molecule has 1 aromatic rings. The molecule has 0 bridgehead atoms. The van der Waals surface area contributed by atoms with E-state index in [0.29, 0.717) is 6.61 Å². The van der Waals surface area contributed by atoms with Gasteiger partial charge < -0.3 is 18.9 Å². The molecule has 0 aliphatic carbocycles. The van der Waals surface area contributed by atoms with Crippen molar-refractivity contribution in [3.63, 3.8) is 0 Å². The summed E-state index contributed by atoms with van der Waals surface area (Å²) >= 11 is 0. The number of benzene rings is 1. The average molecular weight is 296 g/mol. The van der Waals surface area contributed by atoms with Gasteiger partial charge in [0.1, 0.15) is 6.79 Å². The number of carbonyl (C=O) groups is 2. The topological polar surface area (TPSA) is 71.1 Å². The average Bonchev–Trinajstić information content (AvgIpc) is 2.54. The molecule has 6 heteroatoms. The van der Waals surface area contributed by atoms with Crippen LogP contribution in [0.15, 0.2) is 30.3 Å². The van der Waals surface area contributed by atoms with Crippen molar-refractivity contribution in [1.82, 2.24) is 0 Å². The molecule has 0 spiro atoms. The van der Waals surface area contributed by atoms with Crippen LogP contribution >= 0.6 is 0 Å². The highest BCUT2D eigenvalue weighted by Crippen LogP contribution is 2.07. The van der Waals surface area contributed by atoms with Crippen molar-refractivity contribution in [2.24, 2.45) is 0 Å². The van der Waals surface area contributed by atoms with Crippen LogP contribution in [0.1, 0.15) is 18.4 Å².